The van der Waals surface area contributed by atoms with Gasteiger partial charge in [-0.15, -0.1) is 12.4 Å². The second kappa shape index (κ2) is 8.89. The minimum Gasteiger partial charge on any atom is -0.351 e. The van der Waals surface area contributed by atoms with Gasteiger partial charge in [-0.2, -0.15) is 0 Å². The second-order valence-electron chi connectivity index (χ2n) is 6.33. The molecule has 0 spiro atoms. The highest BCUT2D eigenvalue weighted by Crippen LogP contribution is 2.38. The van der Waals surface area contributed by atoms with Gasteiger partial charge < -0.3 is 11.1 Å². The van der Waals surface area contributed by atoms with Crippen molar-refractivity contribution >= 4 is 18.3 Å². The zero-order valence-electron chi connectivity index (χ0n) is 13.5. The van der Waals surface area contributed by atoms with E-state index in [1.54, 1.807) is 0 Å². The maximum Gasteiger partial charge on any atom is 0.221 e. The topological polar surface area (TPSA) is 55.1 Å². The molecular formula is C16H33ClN2O. The lowest BCUT2D eigenvalue weighted by Crippen LogP contribution is -2.49. The van der Waals surface area contributed by atoms with E-state index < -0.39 is 0 Å². The quantitative estimate of drug-likeness (QED) is 0.752. The number of halogens is 1. The van der Waals surface area contributed by atoms with Crippen LogP contribution in [0.4, 0.5) is 0 Å². The van der Waals surface area contributed by atoms with Gasteiger partial charge >= 0.3 is 0 Å². The first kappa shape index (κ1) is 19.7. The summed E-state index contributed by atoms with van der Waals surface area (Å²) in [6.07, 6.45) is 9.61. The fourth-order valence-electron chi connectivity index (χ4n) is 3.45. The Bertz CT molecular complexity index is 276. The lowest BCUT2D eigenvalue weighted by atomic mass is 9.71. The van der Waals surface area contributed by atoms with E-state index in [2.05, 4.69) is 26.1 Å². The molecule has 0 unspecified atom stereocenters. The molecule has 0 aliphatic heterocycles. The fourth-order valence-corrected chi connectivity index (χ4v) is 3.45. The molecule has 0 saturated heterocycles. The van der Waals surface area contributed by atoms with E-state index in [9.17, 15) is 4.79 Å². The largest absolute Gasteiger partial charge is 0.351 e. The number of amides is 1. The third kappa shape index (κ3) is 4.92. The predicted molar refractivity (Wildman–Crippen MR) is 88.2 cm³/mol. The van der Waals surface area contributed by atoms with Gasteiger partial charge in [-0.25, -0.2) is 0 Å². The van der Waals surface area contributed by atoms with Crippen molar-refractivity contribution < 1.29 is 4.79 Å². The number of hydrogen-bond donors (Lipinski definition) is 2. The maximum absolute atomic E-state index is 12.4. The molecule has 1 rings (SSSR count). The Morgan fingerprint density at radius 3 is 2.00 bits per heavy atom. The number of carbonyl (C=O) groups excluding carboxylic acids is 1. The highest BCUT2D eigenvalue weighted by atomic mass is 35.5. The third-order valence-corrected chi connectivity index (χ3v) is 5.32. The van der Waals surface area contributed by atoms with E-state index in [1.165, 1.54) is 19.3 Å². The summed E-state index contributed by atoms with van der Waals surface area (Å²) < 4.78 is 0. The fraction of sp³-hybridized carbons (Fsp3) is 0.938. The summed E-state index contributed by atoms with van der Waals surface area (Å²) in [7, 11) is 0. The van der Waals surface area contributed by atoms with E-state index in [0.717, 1.165) is 32.1 Å². The Kier molecular flexibility index (Phi) is 8.76. The van der Waals surface area contributed by atoms with E-state index >= 15 is 0 Å². The van der Waals surface area contributed by atoms with Crippen molar-refractivity contribution in [1.82, 2.24) is 5.32 Å². The molecule has 0 heterocycles. The molecule has 0 bridgehead atoms. The van der Waals surface area contributed by atoms with Crippen LogP contribution in [0, 0.1) is 5.41 Å². The molecule has 1 aliphatic carbocycles. The number of nitrogens with one attached hydrogen (secondary N) is 1. The highest BCUT2D eigenvalue weighted by molar-refractivity contribution is 5.85. The Labute approximate surface area is 130 Å². The summed E-state index contributed by atoms with van der Waals surface area (Å²) in [5, 5.41) is 3.29. The molecule has 0 aromatic rings. The molecule has 1 aliphatic rings. The van der Waals surface area contributed by atoms with Gasteiger partial charge in [-0.05, 0) is 44.1 Å². The average molecular weight is 305 g/mol. The van der Waals surface area contributed by atoms with Crippen molar-refractivity contribution in [3.05, 3.63) is 0 Å². The molecule has 1 amide bonds. The van der Waals surface area contributed by atoms with Gasteiger partial charge in [-0.3, -0.25) is 4.79 Å². The zero-order chi connectivity index (χ0) is 14.4. The van der Waals surface area contributed by atoms with Gasteiger partial charge in [0.1, 0.15) is 0 Å². The van der Waals surface area contributed by atoms with Crippen LogP contribution in [0.5, 0.6) is 0 Å². The Hall–Kier alpha value is -0.280. The first-order valence-electron chi connectivity index (χ1n) is 8.06. The molecule has 120 valence electrons. The highest BCUT2D eigenvalue weighted by Gasteiger charge is 2.35. The molecule has 1 saturated carbocycles. The van der Waals surface area contributed by atoms with Gasteiger partial charge in [0.2, 0.25) is 5.91 Å². The zero-order valence-corrected chi connectivity index (χ0v) is 14.3. The third-order valence-electron chi connectivity index (χ3n) is 5.32. The normalized spacial score (nSPS) is 18.2. The Morgan fingerprint density at radius 2 is 1.60 bits per heavy atom. The molecular weight excluding hydrogens is 272 g/mol. The molecule has 3 nitrogen and oxygen atoms in total. The molecule has 20 heavy (non-hydrogen) atoms. The van der Waals surface area contributed by atoms with Crippen molar-refractivity contribution in [2.45, 2.75) is 84.1 Å². The van der Waals surface area contributed by atoms with Gasteiger partial charge in [0.15, 0.2) is 0 Å². The summed E-state index contributed by atoms with van der Waals surface area (Å²) in [5.41, 5.74) is 6.03. The van der Waals surface area contributed by atoms with Crippen LogP contribution in [0.15, 0.2) is 0 Å². The maximum atomic E-state index is 12.4. The van der Waals surface area contributed by atoms with Crippen LogP contribution >= 0.6 is 12.4 Å². The van der Waals surface area contributed by atoms with Crippen LogP contribution in [0.3, 0.4) is 0 Å². The van der Waals surface area contributed by atoms with Gasteiger partial charge in [0, 0.05) is 12.0 Å². The Morgan fingerprint density at radius 1 is 1.10 bits per heavy atom. The van der Waals surface area contributed by atoms with Crippen LogP contribution in [0.25, 0.3) is 0 Å². The van der Waals surface area contributed by atoms with Crippen LogP contribution in [0.1, 0.15) is 78.6 Å². The number of nitrogens with two attached hydrogens (primary N) is 1. The lowest BCUT2D eigenvalue weighted by Gasteiger charge is -2.38. The summed E-state index contributed by atoms with van der Waals surface area (Å²) in [4.78, 5) is 12.4. The lowest BCUT2D eigenvalue weighted by molar-refractivity contribution is -0.126. The van der Waals surface area contributed by atoms with Crippen LogP contribution in [-0.2, 0) is 4.79 Å². The standard InChI is InChI=1S/C16H32N2O.ClH/c1-4-16(5-2,6-3)18-14(19)12-15(13-17)10-8-7-9-11-15;/h4-13,17H2,1-3H3,(H,18,19);1H. The summed E-state index contributed by atoms with van der Waals surface area (Å²) >= 11 is 0. The molecule has 3 N–H and O–H groups in total. The van der Waals surface area contributed by atoms with Crippen molar-refractivity contribution in [2.75, 3.05) is 6.54 Å². The SMILES string of the molecule is CCC(CC)(CC)NC(=O)CC1(CN)CCCCC1.Cl. The van der Waals surface area contributed by atoms with Gasteiger partial charge in [-0.1, -0.05) is 40.0 Å². The number of hydrogen-bond acceptors (Lipinski definition) is 2. The number of carbonyl (C=O) groups is 1. The molecule has 0 aromatic heterocycles. The summed E-state index contributed by atoms with van der Waals surface area (Å²) in [6.45, 7) is 7.13. The van der Waals surface area contributed by atoms with E-state index in [4.69, 9.17) is 5.73 Å². The molecule has 0 aromatic carbocycles. The second-order valence-corrected chi connectivity index (χ2v) is 6.33. The van der Waals surface area contributed by atoms with Crippen molar-refractivity contribution in [1.29, 1.82) is 0 Å². The van der Waals surface area contributed by atoms with Crippen LogP contribution in [0.2, 0.25) is 0 Å². The van der Waals surface area contributed by atoms with Gasteiger partial charge in [0.25, 0.3) is 0 Å². The molecule has 0 atom stereocenters. The van der Waals surface area contributed by atoms with Crippen molar-refractivity contribution in [2.24, 2.45) is 11.1 Å². The summed E-state index contributed by atoms with van der Waals surface area (Å²) in [6, 6.07) is 0. The summed E-state index contributed by atoms with van der Waals surface area (Å²) in [5.74, 6) is 0.206. The minimum atomic E-state index is -0.0124. The Balaban J connectivity index is 0.00000361. The molecule has 4 heteroatoms. The van der Waals surface area contributed by atoms with E-state index in [1.807, 2.05) is 0 Å². The van der Waals surface area contributed by atoms with Crippen LogP contribution in [-0.4, -0.2) is 18.0 Å². The first-order valence-corrected chi connectivity index (χ1v) is 8.06. The van der Waals surface area contributed by atoms with Crippen molar-refractivity contribution in [3.8, 4) is 0 Å². The van der Waals surface area contributed by atoms with E-state index in [-0.39, 0.29) is 29.3 Å². The molecule has 1 fully saturated rings. The van der Waals surface area contributed by atoms with Crippen molar-refractivity contribution in [3.63, 3.8) is 0 Å². The first-order chi connectivity index (χ1) is 9.05. The van der Waals surface area contributed by atoms with Gasteiger partial charge in [0.05, 0.1) is 0 Å². The number of rotatable bonds is 7. The molecule has 0 radical (unpaired) electrons. The smallest absolute Gasteiger partial charge is 0.221 e. The average Bonchev–Trinajstić information content (AvgIpc) is 2.46. The monoisotopic (exact) mass is 304 g/mol. The van der Waals surface area contributed by atoms with E-state index in [0.29, 0.717) is 13.0 Å². The minimum absolute atomic E-state index is 0. The predicted octanol–water partition coefficient (Wildman–Crippen LogP) is 3.79. The van der Waals surface area contributed by atoms with Crippen LogP contribution < -0.4 is 11.1 Å².